The molecule has 0 saturated carbocycles. The number of anilines is 1. The van der Waals surface area contributed by atoms with Gasteiger partial charge in [0, 0.05) is 6.54 Å². The van der Waals surface area contributed by atoms with Crippen molar-refractivity contribution in [3.05, 3.63) is 53.3 Å². The number of halogens is 1. The van der Waals surface area contributed by atoms with Crippen LogP contribution in [-0.2, 0) is 6.54 Å². The molecule has 0 aromatic heterocycles. The van der Waals surface area contributed by atoms with Crippen molar-refractivity contribution in [2.75, 3.05) is 11.9 Å². The average Bonchev–Trinajstić information content (AvgIpc) is 2.48. The standard InChI is InChI=1S/C16H15FN2O2/c1-2-21-16-8-11(6-7-15(16)20)10-19-14-5-3-4-13(17)12(14)9-18/h3-8,19-20H,2,10H2,1H3. The summed E-state index contributed by atoms with van der Waals surface area (Å²) < 4.78 is 18.8. The lowest BCUT2D eigenvalue weighted by molar-refractivity contribution is 0.318. The predicted octanol–water partition coefficient (Wildman–Crippen LogP) is 3.41. The Morgan fingerprint density at radius 1 is 1.33 bits per heavy atom. The van der Waals surface area contributed by atoms with Crippen LogP contribution in [0.2, 0.25) is 0 Å². The zero-order chi connectivity index (χ0) is 15.2. The lowest BCUT2D eigenvalue weighted by atomic mass is 10.1. The van der Waals surface area contributed by atoms with Crippen molar-refractivity contribution in [1.29, 1.82) is 5.26 Å². The Hall–Kier alpha value is -2.74. The van der Waals surface area contributed by atoms with Crippen LogP contribution in [0.1, 0.15) is 18.1 Å². The van der Waals surface area contributed by atoms with E-state index in [2.05, 4.69) is 5.32 Å². The third-order valence-corrected chi connectivity index (χ3v) is 2.93. The first kappa shape index (κ1) is 14.7. The molecule has 2 aromatic carbocycles. The molecule has 2 N–H and O–H groups in total. The number of ether oxygens (including phenoxy) is 1. The number of benzene rings is 2. The van der Waals surface area contributed by atoms with Gasteiger partial charge in [-0.25, -0.2) is 4.39 Å². The second-order valence-electron chi connectivity index (χ2n) is 4.36. The van der Waals surface area contributed by atoms with E-state index in [0.29, 0.717) is 24.6 Å². The van der Waals surface area contributed by atoms with Gasteiger partial charge in [0.1, 0.15) is 17.4 Å². The van der Waals surface area contributed by atoms with Crippen LogP contribution >= 0.6 is 0 Å². The highest BCUT2D eigenvalue weighted by molar-refractivity contribution is 5.58. The van der Waals surface area contributed by atoms with Crippen LogP contribution in [0.15, 0.2) is 36.4 Å². The summed E-state index contributed by atoms with van der Waals surface area (Å²) in [6.07, 6.45) is 0. The maximum absolute atomic E-state index is 13.5. The minimum absolute atomic E-state index is 0.0127. The lowest BCUT2D eigenvalue weighted by Gasteiger charge is -2.11. The van der Waals surface area contributed by atoms with Crippen LogP contribution < -0.4 is 10.1 Å². The van der Waals surface area contributed by atoms with Crippen molar-refractivity contribution in [1.82, 2.24) is 0 Å². The second-order valence-corrected chi connectivity index (χ2v) is 4.36. The van der Waals surface area contributed by atoms with Crippen LogP contribution in [0.4, 0.5) is 10.1 Å². The first-order valence-corrected chi connectivity index (χ1v) is 6.53. The van der Waals surface area contributed by atoms with E-state index in [4.69, 9.17) is 10.00 Å². The topological polar surface area (TPSA) is 65.3 Å². The summed E-state index contributed by atoms with van der Waals surface area (Å²) >= 11 is 0. The molecule has 0 fully saturated rings. The van der Waals surface area contributed by atoms with Gasteiger partial charge in [-0.2, -0.15) is 5.26 Å². The van der Waals surface area contributed by atoms with Crippen molar-refractivity contribution >= 4 is 5.69 Å². The highest BCUT2D eigenvalue weighted by atomic mass is 19.1. The minimum atomic E-state index is -0.553. The van der Waals surface area contributed by atoms with Crippen LogP contribution in [0.3, 0.4) is 0 Å². The van der Waals surface area contributed by atoms with Crippen molar-refractivity contribution in [2.45, 2.75) is 13.5 Å². The Labute approximate surface area is 122 Å². The monoisotopic (exact) mass is 286 g/mol. The van der Waals surface area contributed by atoms with Crippen molar-refractivity contribution in [3.63, 3.8) is 0 Å². The summed E-state index contributed by atoms with van der Waals surface area (Å²) in [7, 11) is 0. The Kier molecular flexibility index (Phi) is 4.62. The van der Waals surface area contributed by atoms with E-state index in [1.165, 1.54) is 6.07 Å². The summed E-state index contributed by atoms with van der Waals surface area (Å²) in [4.78, 5) is 0. The van der Waals surface area contributed by atoms with Gasteiger partial charge in [0.15, 0.2) is 11.5 Å². The summed E-state index contributed by atoms with van der Waals surface area (Å²) in [5.41, 5.74) is 1.27. The number of phenols is 1. The Morgan fingerprint density at radius 3 is 2.86 bits per heavy atom. The van der Waals surface area contributed by atoms with E-state index in [1.54, 1.807) is 30.3 Å². The van der Waals surface area contributed by atoms with Gasteiger partial charge < -0.3 is 15.2 Å². The molecule has 21 heavy (non-hydrogen) atoms. The molecule has 0 unspecified atom stereocenters. The number of hydrogen-bond acceptors (Lipinski definition) is 4. The van der Waals surface area contributed by atoms with Crippen molar-refractivity contribution in [3.8, 4) is 17.6 Å². The third-order valence-electron chi connectivity index (χ3n) is 2.93. The van der Waals surface area contributed by atoms with Gasteiger partial charge in [-0.3, -0.25) is 0 Å². The summed E-state index contributed by atoms with van der Waals surface area (Å²) in [6.45, 7) is 2.67. The fourth-order valence-electron chi connectivity index (χ4n) is 1.92. The number of aromatic hydroxyl groups is 1. The first-order chi connectivity index (χ1) is 10.2. The molecule has 0 spiro atoms. The molecule has 0 bridgehead atoms. The molecule has 0 saturated heterocycles. The number of rotatable bonds is 5. The third kappa shape index (κ3) is 3.42. The van der Waals surface area contributed by atoms with Gasteiger partial charge in [0.2, 0.25) is 0 Å². The van der Waals surface area contributed by atoms with E-state index in [1.807, 2.05) is 13.0 Å². The second kappa shape index (κ2) is 6.62. The smallest absolute Gasteiger partial charge is 0.161 e. The molecule has 0 aliphatic rings. The lowest BCUT2D eigenvalue weighted by Crippen LogP contribution is -2.03. The average molecular weight is 286 g/mol. The molecule has 0 aliphatic carbocycles. The molecule has 4 nitrogen and oxygen atoms in total. The number of nitriles is 1. The molecule has 0 radical (unpaired) electrons. The molecule has 2 rings (SSSR count). The van der Waals surface area contributed by atoms with E-state index in [9.17, 15) is 9.50 Å². The predicted molar refractivity (Wildman–Crippen MR) is 77.7 cm³/mol. The Morgan fingerprint density at radius 2 is 2.14 bits per heavy atom. The minimum Gasteiger partial charge on any atom is -0.504 e. The molecule has 5 heteroatoms. The molecular weight excluding hydrogens is 271 g/mol. The van der Waals surface area contributed by atoms with Gasteiger partial charge in [0.05, 0.1) is 12.3 Å². The summed E-state index contributed by atoms with van der Waals surface area (Å²) in [5, 5.41) is 21.6. The zero-order valence-corrected chi connectivity index (χ0v) is 11.6. The fraction of sp³-hybridized carbons (Fsp3) is 0.188. The first-order valence-electron chi connectivity index (χ1n) is 6.53. The zero-order valence-electron chi connectivity index (χ0n) is 11.6. The highest BCUT2D eigenvalue weighted by Gasteiger charge is 2.08. The van der Waals surface area contributed by atoms with E-state index >= 15 is 0 Å². The number of hydrogen-bond donors (Lipinski definition) is 2. The van der Waals surface area contributed by atoms with Gasteiger partial charge in [-0.05, 0) is 36.8 Å². The number of phenolic OH excluding ortho intramolecular Hbond substituents is 1. The quantitative estimate of drug-likeness (QED) is 0.884. The molecule has 0 heterocycles. The Bertz CT molecular complexity index is 680. The normalized spacial score (nSPS) is 9.95. The van der Waals surface area contributed by atoms with E-state index in [0.717, 1.165) is 5.56 Å². The number of nitrogens with one attached hydrogen (secondary N) is 1. The molecule has 108 valence electrons. The van der Waals surface area contributed by atoms with Gasteiger partial charge in [0.25, 0.3) is 0 Å². The van der Waals surface area contributed by atoms with E-state index in [-0.39, 0.29) is 11.3 Å². The van der Waals surface area contributed by atoms with Crippen LogP contribution in [0.25, 0.3) is 0 Å². The van der Waals surface area contributed by atoms with Crippen molar-refractivity contribution in [2.24, 2.45) is 0 Å². The fourth-order valence-corrected chi connectivity index (χ4v) is 1.92. The maximum atomic E-state index is 13.5. The van der Waals surface area contributed by atoms with Crippen LogP contribution in [0.5, 0.6) is 11.5 Å². The van der Waals surface area contributed by atoms with Gasteiger partial charge in [-0.1, -0.05) is 12.1 Å². The molecule has 0 amide bonds. The van der Waals surface area contributed by atoms with Crippen LogP contribution in [0, 0.1) is 17.1 Å². The SMILES string of the molecule is CCOc1cc(CNc2cccc(F)c2C#N)ccc1O. The molecule has 2 aromatic rings. The number of nitrogens with zero attached hydrogens (tertiary/aromatic N) is 1. The Balaban J connectivity index is 2.16. The highest BCUT2D eigenvalue weighted by Crippen LogP contribution is 2.27. The largest absolute Gasteiger partial charge is 0.504 e. The maximum Gasteiger partial charge on any atom is 0.161 e. The summed E-state index contributed by atoms with van der Waals surface area (Å²) in [6, 6.07) is 11.3. The summed E-state index contributed by atoms with van der Waals surface area (Å²) in [5.74, 6) is -0.0798. The van der Waals surface area contributed by atoms with Gasteiger partial charge >= 0.3 is 0 Å². The molecule has 0 aliphatic heterocycles. The van der Waals surface area contributed by atoms with E-state index < -0.39 is 5.82 Å². The van der Waals surface area contributed by atoms with Gasteiger partial charge in [-0.15, -0.1) is 0 Å². The van der Waals surface area contributed by atoms with Crippen molar-refractivity contribution < 1.29 is 14.2 Å². The molecular formula is C16H15FN2O2. The molecule has 0 atom stereocenters. The van der Waals surface area contributed by atoms with Crippen LogP contribution in [-0.4, -0.2) is 11.7 Å².